The van der Waals surface area contributed by atoms with Crippen molar-refractivity contribution in [1.82, 2.24) is 10.6 Å². The molecular formula is C13H30N2. The number of hydrogen-bond acceptors (Lipinski definition) is 2. The van der Waals surface area contributed by atoms with Gasteiger partial charge in [0.05, 0.1) is 0 Å². The topological polar surface area (TPSA) is 24.1 Å². The van der Waals surface area contributed by atoms with E-state index in [1.807, 2.05) is 0 Å². The summed E-state index contributed by atoms with van der Waals surface area (Å²) in [6.07, 6.45) is 6.68. The summed E-state index contributed by atoms with van der Waals surface area (Å²) in [5.74, 6) is 0.893. The van der Waals surface area contributed by atoms with Gasteiger partial charge in [0.1, 0.15) is 0 Å². The van der Waals surface area contributed by atoms with E-state index in [1.54, 1.807) is 0 Å². The molecule has 0 spiro atoms. The van der Waals surface area contributed by atoms with Crippen molar-refractivity contribution in [2.45, 2.75) is 52.9 Å². The molecule has 0 saturated heterocycles. The summed E-state index contributed by atoms with van der Waals surface area (Å²) >= 11 is 0. The molecule has 0 radical (unpaired) electrons. The Morgan fingerprint density at radius 1 is 0.933 bits per heavy atom. The molecule has 2 nitrogen and oxygen atoms in total. The zero-order valence-corrected chi connectivity index (χ0v) is 10.9. The predicted octanol–water partition coefficient (Wildman–Crippen LogP) is 2.79. The normalized spacial score (nSPS) is 13.0. The highest BCUT2D eigenvalue weighted by atomic mass is 14.9. The lowest BCUT2D eigenvalue weighted by molar-refractivity contribution is 0.417. The van der Waals surface area contributed by atoms with Gasteiger partial charge in [-0.3, -0.25) is 0 Å². The van der Waals surface area contributed by atoms with E-state index < -0.39 is 0 Å². The van der Waals surface area contributed by atoms with Crippen LogP contribution in [-0.4, -0.2) is 26.2 Å². The van der Waals surface area contributed by atoms with Crippen LogP contribution in [-0.2, 0) is 0 Å². The van der Waals surface area contributed by atoms with Crippen molar-refractivity contribution in [2.24, 2.45) is 5.92 Å². The average Bonchev–Trinajstić information content (AvgIpc) is 2.27. The fraction of sp³-hybridized carbons (Fsp3) is 1.00. The van der Waals surface area contributed by atoms with E-state index in [1.165, 1.54) is 38.6 Å². The summed E-state index contributed by atoms with van der Waals surface area (Å²) in [6.45, 7) is 11.4. The van der Waals surface area contributed by atoms with E-state index in [9.17, 15) is 0 Å². The van der Waals surface area contributed by atoms with Gasteiger partial charge in [-0.05, 0) is 44.9 Å². The molecule has 1 unspecified atom stereocenters. The first kappa shape index (κ1) is 14.9. The molecule has 92 valence electrons. The van der Waals surface area contributed by atoms with Crippen molar-refractivity contribution < 1.29 is 0 Å². The van der Waals surface area contributed by atoms with Gasteiger partial charge in [0.2, 0.25) is 0 Å². The Labute approximate surface area is 96.2 Å². The van der Waals surface area contributed by atoms with Gasteiger partial charge in [0.15, 0.2) is 0 Å². The highest BCUT2D eigenvalue weighted by Gasteiger charge is 2.04. The molecule has 0 heterocycles. The van der Waals surface area contributed by atoms with Gasteiger partial charge in [-0.15, -0.1) is 0 Å². The molecule has 2 N–H and O–H groups in total. The van der Waals surface area contributed by atoms with E-state index in [2.05, 4.69) is 31.4 Å². The Morgan fingerprint density at radius 2 is 1.67 bits per heavy atom. The van der Waals surface area contributed by atoms with Crippen molar-refractivity contribution in [3.05, 3.63) is 0 Å². The average molecular weight is 214 g/mol. The summed E-state index contributed by atoms with van der Waals surface area (Å²) in [4.78, 5) is 0. The third-order valence-electron chi connectivity index (χ3n) is 2.93. The van der Waals surface area contributed by atoms with Crippen LogP contribution in [0, 0.1) is 5.92 Å². The summed E-state index contributed by atoms with van der Waals surface area (Å²) in [5.41, 5.74) is 0. The smallest absolute Gasteiger partial charge is 0.00206 e. The Kier molecular flexibility index (Phi) is 11.9. The second kappa shape index (κ2) is 12.0. The molecule has 1 atom stereocenters. The Morgan fingerprint density at radius 3 is 2.27 bits per heavy atom. The van der Waals surface area contributed by atoms with Crippen molar-refractivity contribution in [1.29, 1.82) is 0 Å². The first-order valence-electron chi connectivity index (χ1n) is 6.76. The van der Waals surface area contributed by atoms with E-state index >= 15 is 0 Å². The van der Waals surface area contributed by atoms with Crippen LogP contribution < -0.4 is 10.6 Å². The maximum Gasteiger partial charge on any atom is -0.00206 e. The zero-order chi connectivity index (χ0) is 11.4. The van der Waals surface area contributed by atoms with Crippen LogP contribution >= 0.6 is 0 Å². The van der Waals surface area contributed by atoms with Crippen molar-refractivity contribution in [3.8, 4) is 0 Å². The van der Waals surface area contributed by atoms with Gasteiger partial charge in [0, 0.05) is 0 Å². The zero-order valence-electron chi connectivity index (χ0n) is 10.9. The molecule has 0 saturated carbocycles. The van der Waals surface area contributed by atoms with Crippen LogP contribution in [0.3, 0.4) is 0 Å². The summed E-state index contributed by atoms with van der Waals surface area (Å²) in [5, 5.41) is 6.91. The molecule has 0 amide bonds. The van der Waals surface area contributed by atoms with Gasteiger partial charge < -0.3 is 10.6 Å². The van der Waals surface area contributed by atoms with Gasteiger partial charge in [0.25, 0.3) is 0 Å². The SMILES string of the molecule is CCCCC(CC)CNCCCNCC. The van der Waals surface area contributed by atoms with E-state index in [0.29, 0.717) is 0 Å². The molecule has 0 aliphatic rings. The number of nitrogens with one attached hydrogen (secondary N) is 2. The van der Waals surface area contributed by atoms with Gasteiger partial charge >= 0.3 is 0 Å². The van der Waals surface area contributed by atoms with E-state index in [4.69, 9.17) is 0 Å². The second-order valence-electron chi connectivity index (χ2n) is 4.33. The minimum atomic E-state index is 0.893. The third kappa shape index (κ3) is 10.2. The lowest BCUT2D eigenvalue weighted by Crippen LogP contribution is -2.26. The van der Waals surface area contributed by atoms with Gasteiger partial charge in [-0.1, -0.05) is 40.0 Å². The lowest BCUT2D eigenvalue weighted by Gasteiger charge is -2.15. The Bertz CT molecular complexity index is 115. The molecule has 0 aromatic heterocycles. The quantitative estimate of drug-likeness (QED) is 0.517. The first-order chi connectivity index (χ1) is 7.35. The third-order valence-corrected chi connectivity index (χ3v) is 2.93. The van der Waals surface area contributed by atoms with E-state index in [0.717, 1.165) is 25.6 Å². The summed E-state index contributed by atoms with van der Waals surface area (Å²) < 4.78 is 0. The molecule has 0 aromatic carbocycles. The van der Waals surface area contributed by atoms with Crippen molar-refractivity contribution >= 4 is 0 Å². The Hall–Kier alpha value is -0.0800. The Balaban J connectivity index is 3.22. The first-order valence-corrected chi connectivity index (χ1v) is 6.76. The molecule has 0 rings (SSSR count). The van der Waals surface area contributed by atoms with Crippen LogP contribution in [0.1, 0.15) is 52.9 Å². The second-order valence-corrected chi connectivity index (χ2v) is 4.33. The fourth-order valence-corrected chi connectivity index (χ4v) is 1.76. The van der Waals surface area contributed by atoms with Crippen LogP contribution in [0.2, 0.25) is 0 Å². The molecule has 0 aliphatic heterocycles. The standard InChI is InChI=1S/C13H30N2/c1-4-7-9-13(5-2)12-15-11-8-10-14-6-3/h13-15H,4-12H2,1-3H3. The molecule has 0 bridgehead atoms. The van der Waals surface area contributed by atoms with Crippen LogP contribution in [0.5, 0.6) is 0 Å². The fourth-order valence-electron chi connectivity index (χ4n) is 1.76. The minimum absolute atomic E-state index is 0.893. The predicted molar refractivity (Wildman–Crippen MR) is 69.3 cm³/mol. The minimum Gasteiger partial charge on any atom is -0.317 e. The number of unbranched alkanes of at least 4 members (excludes halogenated alkanes) is 1. The molecule has 2 heteroatoms. The number of rotatable bonds is 11. The highest BCUT2D eigenvalue weighted by Crippen LogP contribution is 2.10. The molecule has 0 fully saturated rings. The highest BCUT2D eigenvalue weighted by molar-refractivity contribution is 4.61. The molecule has 0 aromatic rings. The maximum atomic E-state index is 3.56. The summed E-state index contributed by atoms with van der Waals surface area (Å²) in [6, 6.07) is 0. The largest absolute Gasteiger partial charge is 0.317 e. The summed E-state index contributed by atoms with van der Waals surface area (Å²) in [7, 11) is 0. The van der Waals surface area contributed by atoms with Gasteiger partial charge in [-0.25, -0.2) is 0 Å². The lowest BCUT2D eigenvalue weighted by atomic mass is 9.99. The van der Waals surface area contributed by atoms with E-state index in [-0.39, 0.29) is 0 Å². The van der Waals surface area contributed by atoms with Crippen molar-refractivity contribution in [2.75, 3.05) is 26.2 Å². The maximum absolute atomic E-state index is 3.56. The van der Waals surface area contributed by atoms with Crippen molar-refractivity contribution in [3.63, 3.8) is 0 Å². The molecular weight excluding hydrogens is 184 g/mol. The van der Waals surface area contributed by atoms with Crippen LogP contribution in [0.4, 0.5) is 0 Å². The molecule has 0 aliphatic carbocycles. The molecule has 15 heavy (non-hydrogen) atoms. The van der Waals surface area contributed by atoms with Gasteiger partial charge in [-0.2, -0.15) is 0 Å². The monoisotopic (exact) mass is 214 g/mol. The van der Waals surface area contributed by atoms with Crippen LogP contribution in [0.15, 0.2) is 0 Å². The van der Waals surface area contributed by atoms with Crippen LogP contribution in [0.25, 0.3) is 0 Å². The number of hydrogen-bond donors (Lipinski definition) is 2.